The molecule has 11 nitrogen and oxygen atoms in total. The molecule has 0 aliphatic rings. The highest BCUT2D eigenvalue weighted by Gasteiger charge is 2.31. The number of nitrogens with one attached hydrogen (secondary N) is 2. The number of nitrogens with zero attached hydrogens (tertiary/aromatic N) is 3. The van der Waals surface area contributed by atoms with Crippen molar-refractivity contribution in [1.29, 1.82) is 5.26 Å². The summed E-state index contributed by atoms with van der Waals surface area (Å²) in [6.45, 7) is 4.74. The number of carbonyl (C=O) groups is 1. The van der Waals surface area contributed by atoms with Gasteiger partial charge in [0.1, 0.15) is 23.2 Å². The second-order valence-corrected chi connectivity index (χ2v) is 8.39. The molecular weight excluding hydrogens is 426 g/mol. The van der Waals surface area contributed by atoms with Crippen LogP contribution in [0.3, 0.4) is 0 Å². The summed E-state index contributed by atoms with van der Waals surface area (Å²) in [5.41, 5.74) is 1.13. The molecule has 2 heterocycles. The maximum Gasteiger partial charge on any atom is 0.262 e. The third-order valence-electron chi connectivity index (χ3n) is 4.55. The van der Waals surface area contributed by atoms with Crippen molar-refractivity contribution in [2.45, 2.75) is 31.8 Å². The van der Waals surface area contributed by atoms with Crippen LogP contribution >= 0.6 is 0 Å². The molecule has 0 aliphatic heterocycles. The molecule has 1 amide bonds. The van der Waals surface area contributed by atoms with E-state index in [0.717, 1.165) is 0 Å². The highest BCUT2D eigenvalue weighted by molar-refractivity contribution is 7.92. The normalized spacial score (nSPS) is 13.3. The second-order valence-electron chi connectivity index (χ2n) is 6.71. The maximum atomic E-state index is 12.6. The lowest BCUT2D eigenvalue weighted by atomic mass is 9.97. The van der Waals surface area contributed by atoms with Crippen molar-refractivity contribution in [2.75, 3.05) is 10.0 Å². The third-order valence-corrected chi connectivity index (χ3v) is 5.91. The minimum atomic E-state index is -3.91. The number of sulfonamides is 1. The SMILES string of the molecule is Cc1noc(C)c1NS(=O)(=O)c1ccc(NC(=O)C(C#N)C(O)c2cnoc2C)cc1. The highest BCUT2D eigenvalue weighted by Crippen LogP contribution is 2.27. The summed E-state index contributed by atoms with van der Waals surface area (Å²) in [7, 11) is -3.91. The Morgan fingerprint density at radius 1 is 1.16 bits per heavy atom. The molecule has 0 radical (unpaired) electrons. The molecule has 0 saturated heterocycles. The van der Waals surface area contributed by atoms with E-state index >= 15 is 0 Å². The van der Waals surface area contributed by atoms with E-state index in [1.54, 1.807) is 26.8 Å². The summed E-state index contributed by atoms with van der Waals surface area (Å²) in [6, 6.07) is 7.07. The first kappa shape index (κ1) is 22.0. The topological polar surface area (TPSA) is 171 Å². The Bertz CT molecular complexity index is 1220. The number of aliphatic hydroxyl groups is 1. The molecule has 0 aliphatic carbocycles. The summed E-state index contributed by atoms with van der Waals surface area (Å²) < 4.78 is 37.4. The number of aromatic nitrogens is 2. The van der Waals surface area contributed by atoms with E-state index in [-0.39, 0.29) is 21.8 Å². The van der Waals surface area contributed by atoms with Crippen molar-refractivity contribution in [3.05, 3.63) is 53.2 Å². The molecule has 0 saturated carbocycles. The largest absolute Gasteiger partial charge is 0.386 e. The van der Waals surface area contributed by atoms with Crippen LogP contribution < -0.4 is 10.0 Å². The van der Waals surface area contributed by atoms with Crippen LogP contribution in [0.1, 0.15) is 28.9 Å². The lowest BCUT2D eigenvalue weighted by molar-refractivity contribution is -0.121. The predicted octanol–water partition coefficient (Wildman–Crippen LogP) is 2.20. The van der Waals surface area contributed by atoms with Crippen molar-refractivity contribution >= 4 is 27.3 Å². The Hall–Kier alpha value is -3.69. The zero-order valence-corrected chi connectivity index (χ0v) is 17.6. The van der Waals surface area contributed by atoms with Gasteiger partial charge in [0.05, 0.1) is 17.2 Å². The van der Waals surface area contributed by atoms with Gasteiger partial charge in [0.2, 0.25) is 5.91 Å². The summed E-state index contributed by atoms with van der Waals surface area (Å²) >= 11 is 0. The van der Waals surface area contributed by atoms with E-state index in [2.05, 4.69) is 20.4 Å². The van der Waals surface area contributed by atoms with Crippen molar-refractivity contribution in [2.24, 2.45) is 5.92 Å². The first-order valence-electron chi connectivity index (χ1n) is 8.99. The van der Waals surface area contributed by atoms with Crippen LogP contribution in [0.4, 0.5) is 11.4 Å². The number of hydrogen-bond donors (Lipinski definition) is 3. The fourth-order valence-electron chi connectivity index (χ4n) is 2.80. The van der Waals surface area contributed by atoms with Crippen LogP contribution in [0.5, 0.6) is 0 Å². The molecule has 12 heteroatoms. The van der Waals surface area contributed by atoms with Gasteiger partial charge >= 0.3 is 0 Å². The van der Waals surface area contributed by atoms with E-state index in [4.69, 9.17) is 9.05 Å². The molecule has 3 aromatic rings. The van der Waals surface area contributed by atoms with Gasteiger partial charge in [-0.2, -0.15) is 5.26 Å². The van der Waals surface area contributed by atoms with Crippen molar-refractivity contribution < 1.29 is 27.4 Å². The van der Waals surface area contributed by atoms with Crippen LogP contribution in [-0.2, 0) is 14.8 Å². The van der Waals surface area contributed by atoms with E-state index in [9.17, 15) is 23.6 Å². The van der Waals surface area contributed by atoms with Crippen molar-refractivity contribution in [3.8, 4) is 6.07 Å². The molecule has 0 bridgehead atoms. The van der Waals surface area contributed by atoms with Crippen LogP contribution in [0.25, 0.3) is 0 Å². The van der Waals surface area contributed by atoms with Crippen LogP contribution in [0.2, 0.25) is 0 Å². The molecule has 3 N–H and O–H groups in total. The minimum Gasteiger partial charge on any atom is -0.386 e. The number of aliphatic hydroxyl groups excluding tert-OH is 1. The first-order valence-corrected chi connectivity index (χ1v) is 10.5. The number of carbonyl (C=O) groups excluding carboxylic acids is 1. The number of nitriles is 1. The summed E-state index contributed by atoms with van der Waals surface area (Å²) in [5, 5.41) is 29.4. The minimum absolute atomic E-state index is 0.0533. The van der Waals surface area contributed by atoms with Gasteiger partial charge in [-0.1, -0.05) is 10.3 Å². The molecule has 1 aromatic carbocycles. The Kier molecular flexibility index (Phi) is 6.09. The third kappa shape index (κ3) is 4.57. The number of benzene rings is 1. The van der Waals surface area contributed by atoms with Gasteiger partial charge in [-0.3, -0.25) is 9.52 Å². The van der Waals surface area contributed by atoms with Gasteiger partial charge in [0.25, 0.3) is 10.0 Å². The second kappa shape index (κ2) is 8.58. The first-order chi connectivity index (χ1) is 14.6. The molecule has 0 spiro atoms. The lowest BCUT2D eigenvalue weighted by Crippen LogP contribution is -2.27. The zero-order chi connectivity index (χ0) is 22.8. The fraction of sp³-hybridized carbons (Fsp3) is 0.263. The molecular formula is C19H19N5O6S. The van der Waals surface area contributed by atoms with E-state index in [1.807, 2.05) is 0 Å². The van der Waals surface area contributed by atoms with Gasteiger partial charge in [-0.15, -0.1) is 0 Å². The molecule has 0 fully saturated rings. The van der Waals surface area contributed by atoms with E-state index < -0.39 is 28.0 Å². The van der Waals surface area contributed by atoms with Gasteiger partial charge in [-0.25, -0.2) is 8.42 Å². The maximum absolute atomic E-state index is 12.6. The molecule has 2 unspecified atom stereocenters. The Morgan fingerprint density at radius 2 is 1.84 bits per heavy atom. The van der Waals surface area contributed by atoms with Crippen LogP contribution in [0.15, 0.2) is 44.4 Å². The smallest absolute Gasteiger partial charge is 0.262 e. The number of aryl methyl sites for hydroxylation is 3. The quantitative estimate of drug-likeness (QED) is 0.493. The number of anilines is 2. The zero-order valence-electron chi connectivity index (χ0n) is 16.8. The summed E-state index contributed by atoms with van der Waals surface area (Å²) in [4.78, 5) is 12.4. The Balaban J connectivity index is 1.73. The number of hydrogen-bond acceptors (Lipinski definition) is 9. The number of amides is 1. The average Bonchev–Trinajstić information content (AvgIpc) is 3.29. The molecule has 162 valence electrons. The van der Waals surface area contributed by atoms with E-state index in [0.29, 0.717) is 17.2 Å². The number of rotatable bonds is 7. The molecule has 3 rings (SSSR count). The predicted molar refractivity (Wildman–Crippen MR) is 107 cm³/mol. The van der Waals surface area contributed by atoms with Gasteiger partial charge in [0, 0.05) is 11.3 Å². The average molecular weight is 445 g/mol. The Morgan fingerprint density at radius 3 is 2.35 bits per heavy atom. The Labute approximate surface area is 177 Å². The van der Waals surface area contributed by atoms with Crippen LogP contribution in [-0.4, -0.2) is 29.7 Å². The summed E-state index contributed by atoms with van der Waals surface area (Å²) in [5.74, 6) is -1.57. The van der Waals surface area contributed by atoms with E-state index in [1.165, 1.54) is 30.5 Å². The fourth-order valence-corrected chi connectivity index (χ4v) is 3.97. The van der Waals surface area contributed by atoms with Gasteiger partial charge in [-0.05, 0) is 45.0 Å². The molecule has 2 aromatic heterocycles. The highest BCUT2D eigenvalue weighted by atomic mass is 32.2. The standard InChI is InChI=1S/C19H19N5O6S/c1-10-17(12(3)30-23-10)24-31(27,28)14-6-4-13(5-7-14)22-19(26)15(8-20)18(25)16-9-21-29-11(16)2/h4-7,9,15,18,24-25H,1-3H3,(H,22,26). The van der Waals surface area contributed by atoms with Crippen LogP contribution in [0, 0.1) is 38.0 Å². The molecule has 31 heavy (non-hydrogen) atoms. The summed E-state index contributed by atoms with van der Waals surface area (Å²) in [6.07, 6.45) is -0.196. The van der Waals surface area contributed by atoms with Gasteiger partial charge in [0.15, 0.2) is 11.7 Å². The lowest BCUT2D eigenvalue weighted by Gasteiger charge is -2.15. The monoisotopic (exact) mass is 445 g/mol. The molecule has 2 atom stereocenters. The van der Waals surface area contributed by atoms with Crippen molar-refractivity contribution in [3.63, 3.8) is 0 Å². The van der Waals surface area contributed by atoms with Crippen molar-refractivity contribution in [1.82, 2.24) is 10.3 Å². The van der Waals surface area contributed by atoms with Gasteiger partial charge < -0.3 is 19.5 Å².